The van der Waals surface area contributed by atoms with Gasteiger partial charge in [-0.1, -0.05) is 15.9 Å². The van der Waals surface area contributed by atoms with Crippen LogP contribution in [0.25, 0.3) is 0 Å². The fourth-order valence-corrected chi connectivity index (χ4v) is 2.87. The molecule has 0 heterocycles. The maximum atomic E-state index is 12.4. The standard InChI is InChI=1S/C12H15BrF3NO2S/c1-9(2)17(8-7-13)10-3-5-11(6-4-10)20(18,19)12(14,15)16/h3-6,9H,7-8H2,1-2H3. The van der Waals surface area contributed by atoms with Gasteiger partial charge in [0, 0.05) is 23.6 Å². The quantitative estimate of drug-likeness (QED) is 0.740. The molecule has 8 heteroatoms. The zero-order valence-electron chi connectivity index (χ0n) is 11.0. The Labute approximate surface area is 124 Å². The predicted molar refractivity (Wildman–Crippen MR) is 76.0 cm³/mol. The van der Waals surface area contributed by atoms with Crippen molar-refractivity contribution in [2.45, 2.75) is 30.3 Å². The SMILES string of the molecule is CC(C)N(CCBr)c1ccc(S(=O)(=O)C(F)(F)F)cc1. The van der Waals surface area contributed by atoms with Crippen molar-refractivity contribution in [3.05, 3.63) is 24.3 Å². The minimum absolute atomic E-state index is 0.151. The van der Waals surface area contributed by atoms with Crippen LogP contribution in [0.2, 0.25) is 0 Å². The molecule has 0 saturated heterocycles. The molecule has 0 unspecified atom stereocenters. The number of anilines is 1. The molecule has 0 saturated carbocycles. The second kappa shape index (κ2) is 6.34. The zero-order chi connectivity index (χ0) is 15.6. The summed E-state index contributed by atoms with van der Waals surface area (Å²) in [4.78, 5) is 1.22. The molecule has 1 aromatic carbocycles. The van der Waals surface area contributed by atoms with E-state index in [1.165, 1.54) is 12.1 Å². The predicted octanol–water partition coefficient (Wildman–Crippen LogP) is 3.59. The molecule has 0 atom stereocenters. The largest absolute Gasteiger partial charge is 0.501 e. The van der Waals surface area contributed by atoms with E-state index < -0.39 is 20.2 Å². The Kier molecular flexibility index (Phi) is 5.48. The summed E-state index contributed by atoms with van der Waals surface area (Å²) in [5, 5.41) is 0.702. The first-order valence-corrected chi connectivity index (χ1v) is 8.45. The van der Waals surface area contributed by atoms with E-state index in [0.717, 1.165) is 12.1 Å². The van der Waals surface area contributed by atoms with E-state index in [1.807, 2.05) is 18.7 Å². The fourth-order valence-electron chi connectivity index (χ4n) is 1.73. The first kappa shape index (κ1) is 17.3. The molecule has 0 aliphatic rings. The number of hydrogen-bond acceptors (Lipinski definition) is 3. The van der Waals surface area contributed by atoms with E-state index in [-0.39, 0.29) is 6.04 Å². The summed E-state index contributed by atoms with van der Waals surface area (Å²) < 4.78 is 59.8. The van der Waals surface area contributed by atoms with Crippen LogP contribution < -0.4 is 4.90 Å². The van der Waals surface area contributed by atoms with E-state index in [2.05, 4.69) is 15.9 Å². The van der Waals surface area contributed by atoms with Gasteiger partial charge in [0.15, 0.2) is 0 Å². The van der Waals surface area contributed by atoms with E-state index in [4.69, 9.17) is 0 Å². The van der Waals surface area contributed by atoms with E-state index in [1.54, 1.807) is 0 Å². The lowest BCUT2D eigenvalue weighted by molar-refractivity contribution is -0.0436. The number of hydrogen-bond donors (Lipinski definition) is 0. The molecule has 0 radical (unpaired) electrons. The summed E-state index contributed by atoms with van der Waals surface area (Å²) in [6.07, 6.45) is 0. The van der Waals surface area contributed by atoms with Gasteiger partial charge in [0.2, 0.25) is 0 Å². The van der Waals surface area contributed by atoms with Crippen LogP contribution in [0.15, 0.2) is 29.2 Å². The van der Waals surface area contributed by atoms with Gasteiger partial charge in [-0.3, -0.25) is 0 Å². The smallest absolute Gasteiger partial charge is 0.368 e. The molecule has 20 heavy (non-hydrogen) atoms. The molecule has 0 spiro atoms. The first-order chi connectivity index (χ1) is 9.11. The molecule has 0 fully saturated rings. The Morgan fingerprint density at radius 2 is 1.70 bits per heavy atom. The van der Waals surface area contributed by atoms with Gasteiger partial charge >= 0.3 is 5.51 Å². The van der Waals surface area contributed by atoms with E-state index >= 15 is 0 Å². The maximum Gasteiger partial charge on any atom is 0.501 e. The van der Waals surface area contributed by atoms with Crippen LogP contribution in [0.4, 0.5) is 18.9 Å². The van der Waals surface area contributed by atoms with Crippen molar-refractivity contribution in [1.82, 2.24) is 0 Å². The van der Waals surface area contributed by atoms with E-state index in [9.17, 15) is 21.6 Å². The summed E-state index contributed by atoms with van der Waals surface area (Å²) in [6, 6.07) is 4.91. The van der Waals surface area contributed by atoms with Crippen LogP contribution >= 0.6 is 15.9 Å². The number of rotatable bonds is 5. The molecule has 1 aromatic rings. The third-order valence-electron chi connectivity index (χ3n) is 2.73. The van der Waals surface area contributed by atoms with Gasteiger partial charge in [-0.05, 0) is 38.1 Å². The highest BCUT2D eigenvalue weighted by molar-refractivity contribution is 9.09. The monoisotopic (exact) mass is 373 g/mol. The van der Waals surface area contributed by atoms with Crippen LogP contribution in [0.3, 0.4) is 0 Å². The summed E-state index contributed by atoms with van der Waals surface area (Å²) >= 11 is 3.30. The lowest BCUT2D eigenvalue weighted by Gasteiger charge is -2.28. The summed E-state index contributed by atoms with van der Waals surface area (Å²) in [7, 11) is -5.28. The van der Waals surface area contributed by atoms with Gasteiger partial charge < -0.3 is 4.90 Å². The molecule has 114 valence electrons. The van der Waals surface area contributed by atoms with Gasteiger partial charge in [0.05, 0.1) is 4.90 Å². The zero-order valence-corrected chi connectivity index (χ0v) is 13.4. The summed E-state index contributed by atoms with van der Waals surface area (Å²) in [6.45, 7) is 4.56. The minimum Gasteiger partial charge on any atom is -0.368 e. The lowest BCUT2D eigenvalue weighted by atomic mass is 10.2. The number of halogens is 4. The Morgan fingerprint density at radius 3 is 2.05 bits per heavy atom. The van der Waals surface area contributed by atoms with Crippen molar-refractivity contribution in [2.75, 3.05) is 16.8 Å². The van der Waals surface area contributed by atoms with Crippen LogP contribution in [0.5, 0.6) is 0 Å². The maximum absolute atomic E-state index is 12.4. The highest BCUT2D eigenvalue weighted by Crippen LogP contribution is 2.31. The Morgan fingerprint density at radius 1 is 1.20 bits per heavy atom. The number of nitrogens with zero attached hydrogens (tertiary/aromatic N) is 1. The fraction of sp³-hybridized carbons (Fsp3) is 0.500. The van der Waals surface area contributed by atoms with Crippen molar-refractivity contribution < 1.29 is 21.6 Å². The molecule has 0 bridgehead atoms. The average molecular weight is 374 g/mol. The minimum atomic E-state index is -5.28. The first-order valence-electron chi connectivity index (χ1n) is 5.85. The average Bonchev–Trinajstić information content (AvgIpc) is 2.34. The molecule has 0 amide bonds. The molecular formula is C12H15BrF3NO2S. The highest BCUT2D eigenvalue weighted by atomic mass is 79.9. The Balaban J connectivity index is 3.11. The van der Waals surface area contributed by atoms with Crippen molar-refractivity contribution in [2.24, 2.45) is 0 Å². The van der Waals surface area contributed by atoms with Gasteiger partial charge in [0.1, 0.15) is 0 Å². The number of alkyl halides is 4. The normalized spacial score (nSPS) is 12.8. The van der Waals surface area contributed by atoms with Gasteiger partial charge in [-0.15, -0.1) is 0 Å². The van der Waals surface area contributed by atoms with Gasteiger partial charge in [0.25, 0.3) is 9.84 Å². The number of sulfone groups is 1. The molecular weight excluding hydrogens is 359 g/mol. The molecule has 0 N–H and O–H groups in total. The van der Waals surface area contributed by atoms with Crippen molar-refractivity contribution in [1.29, 1.82) is 0 Å². The van der Waals surface area contributed by atoms with E-state index in [0.29, 0.717) is 17.6 Å². The Bertz CT molecular complexity index is 541. The molecule has 0 aliphatic heterocycles. The van der Waals surface area contributed by atoms with Gasteiger partial charge in [-0.2, -0.15) is 13.2 Å². The lowest BCUT2D eigenvalue weighted by Crippen LogP contribution is -2.32. The molecule has 1 rings (SSSR count). The van der Waals surface area contributed by atoms with Crippen LogP contribution in [-0.4, -0.2) is 31.8 Å². The van der Waals surface area contributed by atoms with Crippen molar-refractivity contribution >= 4 is 31.5 Å². The van der Waals surface area contributed by atoms with Gasteiger partial charge in [-0.25, -0.2) is 8.42 Å². The second-order valence-electron chi connectivity index (χ2n) is 4.42. The number of benzene rings is 1. The van der Waals surface area contributed by atoms with Crippen LogP contribution in [-0.2, 0) is 9.84 Å². The van der Waals surface area contributed by atoms with Crippen molar-refractivity contribution in [3.63, 3.8) is 0 Å². The topological polar surface area (TPSA) is 37.4 Å². The summed E-state index contributed by atoms with van der Waals surface area (Å²) in [5.41, 5.74) is -4.59. The summed E-state index contributed by atoms with van der Waals surface area (Å²) in [5.74, 6) is 0. The second-order valence-corrected chi connectivity index (χ2v) is 7.15. The Hall–Kier alpha value is -0.760. The molecule has 0 aliphatic carbocycles. The highest BCUT2D eigenvalue weighted by Gasteiger charge is 2.46. The molecule has 0 aromatic heterocycles. The van der Waals surface area contributed by atoms with Crippen LogP contribution in [0, 0.1) is 0 Å². The van der Waals surface area contributed by atoms with Crippen LogP contribution in [0.1, 0.15) is 13.8 Å². The van der Waals surface area contributed by atoms with Crippen molar-refractivity contribution in [3.8, 4) is 0 Å². The third-order valence-corrected chi connectivity index (χ3v) is 4.59. The molecule has 3 nitrogen and oxygen atoms in total. The third kappa shape index (κ3) is 3.66.